The SMILES string of the molecule is CCC1(C)Nc2cc(Cl)ccc2C(C)C1C. The molecular weight excluding hydrogens is 218 g/mol. The lowest BCUT2D eigenvalue weighted by Gasteiger charge is -2.45. The molecule has 0 bridgehead atoms. The van der Waals surface area contributed by atoms with Gasteiger partial charge in [0.05, 0.1) is 0 Å². The van der Waals surface area contributed by atoms with Crippen LogP contribution in [0.1, 0.15) is 45.6 Å². The van der Waals surface area contributed by atoms with Crippen molar-refractivity contribution >= 4 is 17.3 Å². The highest BCUT2D eigenvalue weighted by Crippen LogP contribution is 2.44. The molecule has 0 radical (unpaired) electrons. The fourth-order valence-corrected chi connectivity index (χ4v) is 2.86. The Morgan fingerprint density at radius 2 is 2.06 bits per heavy atom. The second kappa shape index (κ2) is 3.96. The van der Waals surface area contributed by atoms with Crippen molar-refractivity contribution < 1.29 is 0 Å². The predicted molar refractivity (Wildman–Crippen MR) is 71.3 cm³/mol. The Hall–Kier alpha value is -0.690. The Bertz CT molecular complexity index is 402. The maximum absolute atomic E-state index is 6.06. The van der Waals surface area contributed by atoms with Crippen molar-refractivity contribution in [3.05, 3.63) is 28.8 Å². The molecule has 0 spiro atoms. The standard InChI is InChI=1S/C14H20ClN/c1-5-14(4)10(3)9(2)12-7-6-11(15)8-13(12)16-14/h6-10,16H,5H2,1-4H3. The fourth-order valence-electron chi connectivity index (χ4n) is 2.69. The summed E-state index contributed by atoms with van der Waals surface area (Å²) in [5.74, 6) is 1.21. The van der Waals surface area contributed by atoms with Crippen LogP contribution in [0.4, 0.5) is 5.69 Å². The van der Waals surface area contributed by atoms with Gasteiger partial charge in [-0.15, -0.1) is 0 Å². The first-order valence-corrected chi connectivity index (χ1v) is 6.43. The van der Waals surface area contributed by atoms with E-state index in [1.165, 1.54) is 11.3 Å². The number of hydrogen-bond acceptors (Lipinski definition) is 1. The Morgan fingerprint density at radius 3 is 2.69 bits per heavy atom. The summed E-state index contributed by atoms with van der Waals surface area (Å²) in [7, 11) is 0. The average Bonchev–Trinajstić information content (AvgIpc) is 2.26. The summed E-state index contributed by atoms with van der Waals surface area (Å²) in [6.07, 6.45) is 1.13. The van der Waals surface area contributed by atoms with Gasteiger partial charge in [0.1, 0.15) is 0 Å². The van der Waals surface area contributed by atoms with Gasteiger partial charge >= 0.3 is 0 Å². The van der Waals surface area contributed by atoms with Crippen molar-refractivity contribution in [3.63, 3.8) is 0 Å². The van der Waals surface area contributed by atoms with Crippen LogP contribution in [0.15, 0.2) is 18.2 Å². The minimum absolute atomic E-state index is 0.178. The molecule has 0 amide bonds. The second-order valence-electron chi connectivity index (χ2n) is 5.20. The molecule has 0 fully saturated rings. The van der Waals surface area contributed by atoms with E-state index in [2.05, 4.69) is 39.1 Å². The third-order valence-electron chi connectivity index (χ3n) is 4.42. The molecule has 1 N–H and O–H groups in total. The van der Waals surface area contributed by atoms with Crippen LogP contribution >= 0.6 is 11.6 Å². The quantitative estimate of drug-likeness (QED) is 0.748. The van der Waals surface area contributed by atoms with E-state index < -0.39 is 0 Å². The van der Waals surface area contributed by atoms with Gasteiger partial charge in [-0.05, 0) is 42.9 Å². The van der Waals surface area contributed by atoms with Gasteiger partial charge in [0.15, 0.2) is 0 Å². The number of benzene rings is 1. The zero-order valence-corrected chi connectivity index (χ0v) is 11.2. The summed E-state index contributed by atoms with van der Waals surface area (Å²) in [6.45, 7) is 9.19. The Morgan fingerprint density at radius 1 is 1.38 bits per heavy atom. The number of anilines is 1. The largest absolute Gasteiger partial charge is 0.379 e. The molecule has 0 aromatic heterocycles. The minimum atomic E-state index is 0.178. The number of hydrogen-bond donors (Lipinski definition) is 1. The molecule has 0 saturated carbocycles. The lowest BCUT2D eigenvalue weighted by molar-refractivity contribution is 0.284. The highest BCUT2D eigenvalue weighted by atomic mass is 35.5. The predicted octanol–water partition coefficient (Wildman–Crippen LogP) is 4.67. The van der Waals surface area contributed by atoms with Gasteiger partial charge in [-0.1, -0.05) is 38.4 Å². The van der Waals surface area contributed by atoms with Crippen molar-refractivity contribution in [2.75, 3.05) is 5.32 Å². The van der Waals surface area contributed by atoms with Crippen molar-refractivity contribution in [2.45, 2.75) is 45.6 Å². The molecular formula is C14H20ClN. The molecule has 1 nitrogen and oxygen atoms in total. The summed E-state index contributed by atoms with van der Waals surface area (Å²) in [4.78, 5) is 0. The molecule has 3 unspecified atom stereocenters. The van der Waals surface area contributed by atoms with E-state index in [-0.39, 0.29) is 5.54 Å². The number of halogens is 1. The first kappa shape index (κ1) is 11.8. The van der Waals surface area contributed by atoms with E-state index in [0.29, 0.717) is 11.8 Å². The molecule has 1 heterocycles. The molecule has 0 aliphatic carbocycles. The van der Waals surface area contributed by atoms with Gasteiger partial charge in [0.25, 0.3) is 0 Å². The van der Waals surface area contributed by atoms with Crippen molar-refractivity contribution in [3.8, 4) is 0 Å². The maximum atomic E-state index is 6.06. The lowest BCUT2D eigenvalue weighted by Crippen LogP contribution is -2.46. The Kier molecular flexibility index (Phi) is 2.91. The zero-order valence-electron chi connectivity index (χ0n) is 10.5. The van der Waals surface area contributed by atoms with Gasteiger partial charge in [-0.2, -0.15) is 0 Å². The molecule has 0 saturated heterocycles. The minimum Gasteiger partial charge on any atom is -0.379 e. The van der Waals surface area contributed by atoms with Crippen LogP contribution in [0.5, 0.6) is 0 Å². The van der Waals surface area contributed by atoms with Crippen LogP contribution < -0.4 is 5.32 Å². The van der Waals surface area contributed by atoms with Crippen LogP contribution in [0.25, 0.3) is 0 Å². The van der Waals surface area contributed by atoms with E-state index in [9.17, 15) is 0 Å². The Balaban J connectivity index is 2.48. The second-order valence-corrected chi connectivity index (χ2v) is 5.64. The average molecular weight is 238 g/mol. The van der Waals surface area contributed by atoms with Crippen LogP contribution in [0.2, 0.25) is 5.02 Å². The topological polar surface area (TPSA) is 12.0 Å². The first-order chi connectivity index (χ1) is 7.48. The van der Waals surface area contributed by atoms with Gasteiger partial charge in [0.2, 0.25) is 0 Å². The zero-order chi connectivity index (χ0) is 11.9. The van der Waals surface area contributed by atoms with Gasteiger partial charge in [-0.3, -0.25) is 0 Å². The van der Waals surface area contributed by atoms with Crippen LogP contribution in [0.3, 0.4) is 0 Å². The van der Waals surface area contributed by atoms with Gasteiger partial charge in [-0.25, -0.2) is 0 Å². The molecule has 3 atom stereocenters. The maximum Gasteiger partial charge on any atom is 0.0426 e. The number of nitrogens with one attached hydrogen (secondary N) is 1. The number of rotatable bonds is 1. The van der Waals surface area contributed by atoms with Crippen molar-refractivity contribution in [1.29, 1.82) is 0 Å². The molecule has 2 rings (SSSR count). The third-order valence-corrected chi connectivity index (χ3v) is 4.65. The highest BCUT2D eigenvalue weighted by Gasteiger charge is 2.38. The summed E-state index contributed by atoms with van der Waals surface area (Å²) in [5, 5.41) is 4.47. The normalized spacial score (nSPS) is 33.1. The smallest absolute Gasteiger partial charge is 0.0426 e. The summed E-state index contributed by atoms with van der Waals surface area (Å²) < 4.78 is 0. The van der Waals surface area contributed by atoms with Crippen LogP contribution in [0, 0.1) is 5.92 Å². The monoisotopic (exact) mass is 237 g/mol. The van der Waals surface area contributed by atoms with E-state index in [1.54, 1.807) is 0 Å². The summed E-state index contributed by atoms with van der Waals surface area (Å²) in [6, 6.07) is 6.19. The molecule has 16 heavy (non-hydrogen) atoms. The summed E-state index contributed by atoms with van der Waals surface area (Å²) >= 11 is 6.06. The van der Waals surface area contributed by atoms with E-state index in [0.717, 1.165) is 11.4 Å². The molecule has 1 aliphatic rings. The Labute approximate surface area is 103 Å². The molecule has 88 valence electrons. The molecule has 1 aromatic rings. The van der Waals surface area contributed by atoms with E-state index >= 15 is 0 Å². The van der Waals surface area contributed by atoms with E-state index in [1.807, 2.05) is 12.1 Å². The molecule has 1 aliphatic heterocycles. The first-order valence-electron chi connectivity index (χ1n) is 6.05. The molecule has 1 aromatic carbocycles. The van der Waals surface area contributed by atoms with Gasteiger partial charge < -0.3 is 5.32 Å². The van der Waals surface area contributed by atoms with Crippen LogP contribution in [-0.2, 0) is 0 Å². The van der Waals surface area contributed by atoms with E-state index in [4.69, 9.17) is 11.6 Å². The van der Waals surface area contributed by atoms with Gasteiger partial charge in [0, 0.05) is 16.2 Å². The van der Waals surface area contributed by atoms with Crippen molar-refractivity contribution in [1.82, 2.24) is 0 Å². The van der Waals surface area contributed by atoms with Crippen molar-refractivity contribution in [2.24, 2.45) is 5.92 Å². The summed E-state index contributed by atoms with van der Waals surface area (Å²) in [5.41, 5.74) is 2.78. The highest BCUT2D eigenvalue weighted by molar-refractivity contribution is 6.30. The lowest BCUT2D eigenvalue weighted by atomic mass is 9.71. The fraction of sp³-hybridized carbons (Fsp3) is 0.571. The van der Waals surface area contributed by atoms with Crippen LogP contribution in [-0.4, -0.2) is 5.54 Å². The third kappa shape index (κ3) is 1.71. The molecule has 2 heteroatoms. The number of fused-ring (bicyclic) bond motifs is 1.